The molecule has 0 radical (unpaired) electrons. The van der Waals surface area contributed by atoms with Gasteiger partial charge < -0.3 is 4.74 Å². The van der Waals surface area contributed by atoms with Gasteiger partial charge in [-0.05, 0) is 36.2 Å². The second-order valence-corrected chi connectivity index (χ2v) is 9.96. The molecule has 0 saturated heterocycles. The van der Waals surface area contributed by atoms with Gasteiger partial charge in [0.1, 0.15) is 0 Å². The minimum atomic E-state index is -3.52. The maximum Gasteiger partial charge on any atom is 0.306 e. The quantitative estimate of drug-likeness (QED) is 0.326. The minimum absolute atomic E-state index is 0.0940. The molecular formula is C24H27N5O5S. The molecule has 2 aromatic heterocycles. The van der Waals surface area contributed by atoms with Crippen molar-refractivity contribution in [3.05, 3.63) is 70.3 Å². The average Bonchev–Trinajstić information content (AvgIpc) is 3.30. The molecule has 0 amide bonds. The third-order valence-electron chi connectivity index (χ3n) is 5.94. The summed E-state index contributed by atoms with van der Waals surface area (Å²) in [4.78, 5) is 25.2. The number of nitrogens with zero attached hydrogens (tertiary/aromatic N) is 5. The van der Waals surface area contributed by atoms with Gasteiger partial charge in [0, 0.05) is 26.6 Å². The van der Waals surface area contributed by atoms with Gasteiger partial charge in [0.05, 0.1) is 15.8 Å². The molecule has 0 aliphatic rings. The fourth-order valence-electron chi connectivity index (χ4n) is 3.99. The van der Waals surface area contributed by atoms with E-state index in [0.717, 1.165) is 5.56 Å². The number of aryl methyl sites for hydroxylation is 2. The molecule has 184 valence electrons. The molecule has 0 atom stereocenters. The first-order valence-corrected chi connectivity index (χ1v) is 12.8. The lowest BCUT2D eigenvalue weighted by molar-refractivity contribution is -0.145. The summed E-state index contributed by atoms with van der Waals surface area (Å²) in [6.45, 7) is 4.31. The van der Waals surface area contributed by atoms with Crippen molar-refractivity contribution in [2.45, 2.75) is 38.2 Å². The van der Waals surface area contributed by atoms with Gasteiger partial charge in [-0.1, -0.05) is 38.1 Å². The average molecular weight is 498 g/mol. The topological polar surface area (TPSA) is 116 Å². The van der Waals surface area contributed by atoms with Crippen LogP contribution in [0.25, 0.3) is 16.7 Å². The summed E-state index contributed by atoms with van der Waals surface area (Å²) in [5.74, 6) is 0.348. The molecule has 4 rings (SSSR count). The lowest BCUT2D eigenvalue weighted by atomic mass is 10.1. The number of rotatable bonds is 9. The van der Waals surface area contributed by atoms with E-state index in [1.54, 1.807) is 67.8 Å². The van der Waals surface area contributed by atoms with Crippen LogP contribution in [0.4, 0.5) is 0 Å². The van der Waals surface area contributed by atoms with Gasteiger partial charge in [-0.15, -0.1) is 10.2 Å². The number of benzene rings is 2. The van der Waals surface area contributed by atoms with Gasteiger partial charge in [-0.2, -0.15) is 4.31 Å². The molecule has 0 fully saturated rings. The third kappa shape index (κ3) is 4.69. The predicted octanol–water partition coefficient (Wildman–Crippen LogP) is 2.29. The predicted molar refractivity (Wildman–Crippen MR) is 130 cm³/mol. The Morgan fingerprint density at radius 2 is 1.71 bits per heavy atom. The normalized spacial score (nSPS) is 12.0. The number of hydrogen-bond acceptors (Lipinski definition) is 7. The van der Waals surface area contributed by atoms with Crippen molar-refractivity contribution in [1.82, 2.24) is 23.5 Å². The minimum Gasteiger partial charge on any atom is -0.457 e. The van der Waals surface area contributed by atoms with Crippen molar-refractivity contribution in [2.75, 3.05) is 13.1 Å². The van der Waals surface area contributed by atoms with Crippen molar-refractivity contribution in [2.24, 2.45) is 7.05 Å². The van der Waals surface area contributed by atoms with E-state index in [1.165, 1.54) is 8.87 Å². The summed E-state index contributed by atoms with van der Waals surface area (Å²) in [5, 5.41) is 8.71. The Balaban J connectivity index is 1.42. The molecule has 0 aliphatic heterocycles. The molecule has 2 heterocycles. The third-order valence-corrected chi connectivity index (χ3v) is 8.00. The lowest BCUT2D eigenvalue weighted by Gasteiger charge is -2.18. The Morgan fingerprint density at radius 3 is 2.40 bits per heavy atom. The van der Waals surface area contributed by atoms with Gasteiger partial charge in [0.2, 0.25) is 15.8 Å². The van der Waals surface area contributed by atoms with Crippen LogP contribution in [-0.4, -0.2) is 50.9 Å². The van der Waals surface area contributed by atoms with Crippen LogP contribution in [0.2, 0.25) is 0 Å². The second kappa shape index (κ2) is 9.96. The Hall–Kier alpha value is -3.57. The number of para-hydroxylation sites is 1. The Bertz CT molecular complexity index is 1540. The van der Waals surface area contributed by atoms with E-state index in [9.17, 15) is 18.0 Å². The fraction of sp³-hybridized carbons (Fsp3) is 0.333. The van der Waals surface area contributed by atoms with Crippen LogP contribution in [0.15, 0.2) is 58.2 Å². The number of aromatic nitrogens is 4. The van der Waals surface area contributed by atoms with E-state index in [0.29, 0.717) is 42.0 Å². The van der Waals surface area contributed by atoms with Crippen molar-refractivity contribution in [3.8, 4) is 0 Å². The molecule has 0 spiro atoms. The van der Waals surface area contributed by atoms with Crippen LogP contribution in [-0.2, 0) is 39.6 Å². The first-order valence-electron chi connectivity index (χ1n) is 11.3. The van der Waals surface area contributed by atoms with Crippen molar-refractivity contribution in [3.63, 3.8) is 0 Å². The number of hydrogen-bond donors (Lipinski definition) is 0. The number of ether oxygens (including phenoxy) is 1. The molecule has 0 unspecified atom stereocenters. The molecular weight excluding hydrogens is 470 g/mol. The first kappa shape index (κ1) is 24.6. The van der Waals surface area contributed by atoms with Crippen molar-refractivity contribution >= 4 is 32.7 Å². The van der Waals surface area contributed by atoms with Crippen LogP contribution < -0.4 is 5.56 Å². The summed E-state index contributed by atoms with van der Waals surface area (Å²) >= 11 is 0. The zero-order valence-corrected chi connectivity index (χ0v) is 20.7. The van der Waals surface area contributed by atoms with Crippen LogP contribution in [0.1, 0.15) is 31.7 Å². The molecule has 0 saturated carbocycles. The lowest BCUT2D eigenvalue weighted by Crippen LogP contribution is -2.30. The summed E-state index contributed by atoms with van der Waals surface area (Å²) < 4.78 is 35.1. The molecule has 0 aliphatic carbocycles. The molecule has 0 N–H and O–H groups in total. The number of sulfonamides is 1. The van der Waals surface area contributed by atoms with E-state index < -0.39 is 16.0 Å². The summed E-state index contributed by atoms with van der Waals surface area (Å²) in [6.07, 6.45) is 0.528. The fourth-order valence-corrected chi connectivity index (χ4v) is 5.45. The Kier molecular flexibility index (Phi) is 6.99. The Morgan fingerprint density at radius 1 is 1.03 bits per heavy atom. The van der Waals surface area contributed by atoms with Gasteiger partial charge >= 0.3 is 5.97 Å². The largest absolute Gasteiger partial charge is 0.457 e. The molecule has 4 aromatic rings. The van der Waals surface area contributed by atoms with Crippen LogP contribution in [0.5, 0.6) is 0 Å². The van der Waals surface area contributed by atoms with Crippen molar-refractivity contribution < 1.29 is 17.9 Å². The molecule has 0 bridgehead atoms. The number of carbonyl (C=O) groups is 1. The monoisotopic (exact) mass is 497 g/mol. The van der Waals surface area contributed by atoms with Crippen LogP contribution in [0.3, 0.4) is 0 Å². The van der Waals surface area contributed by atoms with E-state index in [2.05, 4.69) is 10.2 Å². The van der Waals surface area contributed by atoms with E-state index >= 15 is 0 Å². The van der Waals surface area contributed by atoms with Gasteiger partial charge in [0.15, 0.2) is 12.4 Å². The zero-order valence-electron chi connectivity index (χ0n) is 19.8. The highest BCUT2D eigenvalue weighted by Gasteiger charge is 2.21. The highest BCUT2D eigenvalue weighted by molar-refractivity contribution is 7.89. The van der Waals surface area contributed by atoms with E-state index in [-0.39, 0.29) is 23.5 Å². The van der Waals surface area contributed by atoms with E-state index in [1.807, 2.05) is 6.07 Å². The van der Waals surface area contributed by atoms with Gasteiger partial charge in [0.25, 0.3) is 5.56 Å². The summed E-state index contributed by atoms with van der Waals surface area (Å²) in [7, 11) is -1.90. The molecule has 35 heavy (non-hydrogen) atoms. The highest BCUT2D eigenvalue weighted by atomic mass is 32.2. The molecule has 11 heteroatoms. The molecule has 10 nitrogen and oxygen atoms in total. The highest BCUT2D eigenvalue weighted by Crippen LogP contribution is 2.18. The van der Waals surface area contributed by atoms with Crippen LogP contribution >= 0.6 is 0 Å². The number of fused-ring (bicyclic) bond motifs is 3. The second-order valence-electron chi connectivity index (χ2n) is 8.03. The van der Waals surface area contributed by atoms with Gasteiger partial charge in [-0.25, -0.2) is 8.42 Å². The maximum atomic E-state index is 12.6. The summed E-state index contributed by atoms with van der Waals surface area (Å²) in [5.41, 5.74) is 1.29. The number of esters is 1. The summed E-state index contributed by atoms with van der Waals surface area (Å²) in [6, 6.07) is 13.7. The maximum absolute atomic E-state index is 12.6. The SMILES string of the molecule is CCN(CC)S(=O)(=O)c1ccc(CCC(=O)OCc2nnc3n(C)c(=O)c4ccccc4n23)cc1. The van der Waals surface area contributed by atoms with Crippen molar-refractivity contribution in [1.29, 1.82) is 0 Å². The van der Waals surface area contributed by atoms with Crippen LogP contribution in [0, 0.1) is 0 Å². The first-order chi connectivity index (χ1) is 16.8. The standard InChI is InChI=1S/C24H27N5O5S/c1-4-28(5-2)35(32,33)18-13-10-17(11-14-18)12-15-22(30)34-16-21-25-26-24-27(3)23(31)19-8-6-7-9-20(19)29(21)24/h6-11,13-14H,4-5,12,15-16H2,1-3H3. The van der Waals surface area contributed by atoms with E-state index in [4.69, 9.17) is 4.74 Å². The van der Waals surface area contributed by atoms with Gasteiger partial charge in [-0.3, -0.25) is 18.6 Å². The Labute approximate surface area is 202 Å². The smallest absolute Gasteiger partial charge is 0.306 e. The number of carbonyl (C=O) groups excluding carboxylic acids is 1. The zero-order chi connectivity index (χ0) is 25.2. The molecule has 2 aromatic carbocycles.